The monoisotopic (exact) mass is 373 g/mol. The fourth-order valence-electron chi connectivity index (χ4n) is 2.57. The normalized spacial score (nSPS) is 10.5. The summed E-state index contributed by atoms with van der Waals surface area (Å²) < 4.78 is 10.8. The van der Waals surface area contributed by atoms with Crippen molar-refractivity contribution in [3.63, 3.8) is 0 Å². The lowest BCUT2D eigenvalue weighted by Gasteiger charge is -2.09. The van der Waals surface area contributed by atoms with Gasteiger partial charge in [-0.05, 0) is 36.8 Å². The predicted octanol–water partition coefficient (Wildman–Crippen LogP) is 4.84. The Kier molecular flexibility index (Phi) is 5.15. The molecule has 140 valence electrons. The lowest BCUT2D eigenvalue weighted by molar-refractivity contribution is 0.306. The number of anilines is 4. The molecule has 7 heteroatoms. The van der Waals surface area contributed by atoms with Crippen LogP contribution >= 0.6 is 0 Å². The predicted molar refractivity (Wildman–Crippen MR) is 107 cm³/mol. The zero-order valence-electron chi connectivity index (χ0n) is 15.3. The minimum Gasteiger partial charge on any atom is -0.489 e. The minimum atomic E-state index is 0.538. The van der Waals surface area contributed by atoms with Gasteiger partial charge < -0.3 is 19.9 Å². The molecule has 0 atom stereocenters. The summed E-state index contributed by atoms with van der Waals surface area (Å²) in [6, 6.07) is 21.4. The number of rotatable bonds is 7. The Morgan fingerprint density at radius 3 is 2.32 bits per heavy atom. The third-order valence-corrected chi connectivity index (χ3v) is 3.93. The maximum absolute atomic E-state index is 5.81. The average molecular weight is 373 g/mol. The first-order valence-corrected chi connectivity index (χ1v) is 8.81. The molecule has 2 heterocycles. The summed E-state index contributed by atoms with van der Waals surface area (Å²) in [6.07, 6.45) is 1.48. The van der Waals surface area contributed by atoms with Gasteiger partial charge in [-0.15, -0.1) is 0 Å². The van der Waals surface area contributed by atoms with Crippen LogP contribution in [0, 0.1) is 6.92 Å². The van der Waals surface area contributed by atoms with E-state index in [9.17, 15) is 0 Å². The van der Waals surface area contributed by atoms with Crippen LogP contribution in [0.1, 0.15) is 11.3 Å². The summed E-state index contributed by atoms with van der Waals surface area (Å²) in [6.45, 7) is 2.37. The molecule has 28 heavy (non-hydrogen) atoms. The number of hydrogen-bond donors (Lipinski definition) is 2. The van der Waals surface area contributed by atoms with E-state index >= 15 is 0 Å². The van der Waals surface area contributed by atoms with Gasteiger partial charge in [0.15, 0.2) is 5.82 Å². The molecule has 0 saturated carbocycles. The summed E-state index contributed by atoms with van der Waals surface area (Å²) in [5.74, 6) is 3.41. The highest BCUT2D eigenvalue weighted by Gasteiger charge is 2.04. The van der Waals surface area contributed by atoms with Crippen LogP contribution in [0.15, 0.2) is 77.6 Å². The van der Waals surface area contributed by atoms with Gasteiger partial charge in [-0.1, -0.05) is 35.5 Å². The Morgan fingerprint density at radius 2 is 1.61 bits per heavy atom. The van der Waals surface area contributed by atoms with Crippen molar-refractivity contribution in [1.29, 1.82) is 0 Å². The van der Waals surface area contributed by atoms with Crippen LogP contribution in [0.2, 0.25) is 0 Å². The van der Waals surface area contributed by atoms with Crippen molar-refractivity contribution in [2.75, 3.05) is 10.6 Å². The summed E-state index contributed by atoms with van der Waals surface area (Å²) >= 11 is 0. The number of ether oxygens (including phenoxy) is 1. The van der Waals surface area contributed by atoms with Crippen LogP contribution in [0.25, 0.3) is 0 Å². The molecule has 0 bridgehead atoms. The van der Waals surface area contributed by atoms with Crippen LogP contribution in [-0.4, -0.2) is 15.1 Å². The third kappa shape index (κ3) is 4.64. The summed E-state index contributed by atoms with van der Waals surface area (Å²) in [7, 11) is 0. The highest BCUT2D eigenvalue weighted by atomic mass is 16.5. The van der Waals surface area contributed by atoms with E-state index in [1.807, 2.05) is 61.5 Å². The molecular formula is C21H19N5O2. The smallest absolute Gasteiger partial charge is 0.175 e. The van der Waals surface area contributed by atoms with E-state index < -0.39 is 0 Å². The Labute approximate surface area is 162 Å². The second-order valence-electron chi connectivity index (χ2n) is 6.16. The molecular weight excluding hydrogens is 354 g/mol. The van der Waals surface area contributed by atoms with E-state index in [2.05, 4.69) is 25.8 Å². The van der Waals surface area contributed by atoms with Gasteiger partial charge in [-0.3, -0.25) is 0 Å². The van der Waals surface area contributed by atoms with E-state index in [1.165, 1.54) is 6.33 Å². The van der Waals surface area contributed by atoms with E-state index in [0.717, 1.165) is 22.8 Å². The third-order valence-electron chi connectivity index (χ3n) is 3.93. The van der Waals surface area contributed by atoms with Crippen molar-refractivity contribution in [2.24, 2.45) is 0 Å². The summed E-state index contributed by atoms with van der Waals surface area (Å²) in [4.78, 5) is 8.43. The van der Waals surface area contributed by atoms with Crippen molar-refractivity contribution in [2.45, 2.75) is 13.5 Å². The Morgan fingerprint density at radius 1 is 0.857 bits per heavy atom. The van der Waals surface area contributed by atoms with Gasteiger partial charge in [-0.2, -0.15) is 0 Å². The lowest BCUT2D eigenvalue weighted by atomic mass is 10.2. The zero-order valence-corrected chi connectivity index (χ0v) is 15.3. The molecule has 0 fully saturated rings. The second-order valence-corrected chi connectivity index (χ2v) is 6.16. The molecule has 0 amide bonds. The highest BCUT2D eigenvalue weighted by molar-refractivity contribution is 5.61. The van der Waals surface area contributed by atoms with Crippen LogP contribution in [0.3, 0.4) is 0 Å². The Bertz CT molecular complexity index is 1030. The number of hydrogen-bond acceptors (Lipinski definition) is 7. The lowest BCUT2D eigenvalue weighted by Crippen LogP contribution is -1.99. The Balaban J connectivity index is 1.37. The van der Waals surface area contributed by atoms with Gasteiger partial charge >= 0.3 is 0 Å². The van der Waals surface area contributed by atoms with Gasteiger partial charge in [-0.25, -0.2) is 9.97 Å². The quantitative estimate of drug-likeness (QED) is 0.479. The SMILES string of the molecule is Cc1cc(Nc2cc(Nc3ccc(OCc4ccccc4)cc3)ncn2)no1. The van der Waals surface area contributed by atoms with Gasteiger partial charge in [0.2, 0.25) is 0 Å². The van der Waals surface area contributed by atoms with Crippen LogP contribution in [-0.2, 0) is 6.61 Å². The van der Waals surface area contributed by atoms with Crippen LogP contribution < -0.4 is 15.4 Å². The molecule has 2 aromatic heterocycles. The maximum atomic E-state index is 5.81. The zero-order chi connectivity index (χ0) is 19.2. The van der Waals surface area contributed by atoms with E-state index in [-0.39, 0.29) is 0 Å². The molecule has 0 radical (unpaired) electrons. The second kappa shape index (κ2) is 8.22. The molecule has 0 aliphatic heterocycles. The molecule has 0 unspecified atom stereocenters. The molecule has 2 N–H and O–H groups in total. The fourth-order valence-corrected chi connectivity index (χ4v) is 2.57. The first-order valence-electron chi connectivity index (χ1n) is 8.81. The number of aromatic nitrogens is 3. The van der Waals surface area contributed by atoms with Crippen molar-refractivity contribution < 1.29 is 9.26 Å². The van der Waals surface area contributed by atoms with Crippen LogP contribution in [0.4, 0.5) is 23.1 Å². The van der Waals surface area contributed by atoms with Crippen LogP contribution in [0.5, 0.6) is 5.75 Å². The van der Waals surface area contributed by atoms with Gasteiger partial charge in [0, 0.05) is 17.8 Å². The number of nitrogens with one attached hydrogen (secondary N) is 2. The summed E-state index contributed by atoms with van der Waals surface area (Å²) in [5, 5.41) is 10.2. The molecule has 0 aliphatic rings. The molecule has 2 aromatic carbocycles. The topological polar surface area (TPSA) is 85.1 Å². The molecule has 0 spiro atoms. The number of nitrogens with zero attached hydrogens (tertiary/aromatic N) is 3. The van der Waals surface area contributed by atoms with Gasteiger partial charge in [0.25, 0.3) is 0 Å². The molecule has 0 saturated heterocycles. The maximum Gasteiger partial charge on any atom is 0.175 e. The highest BCUT2D eigenvalue weighted by Crippen LogP contribution is 2.22. The largest absolute Gasteiger partial charge is 0.489 e. The van der Waals surface area contributed by atoms with Crippen molar-refractivity contribution in [1.82, 2.24) is 15.1 Å². The van der Waals surface area contributed by atoms with Crippen molar-refractivity contribution in [3.8, 4) is 5.75 Å². The van der Waals surface area contributed by atoms with E-state index in [1.54, 1.807) is 12.1 Å². The Hall–Kier alpha value is -3.87. The standard InChI is InChI=1S/C21H19N5O2/c1-15-11-21(26-28-15)25-20-12-19(22-14-23-20)24-17-7-9-18(10-8-17)27-13-16-5-3-2-4-6-16/h2-12,14H,13H2,1H3,(H2,22,23,24,25,26). The summed E-state index contributed by atoms with van der Waals surface area (Å²) in [5.41, 5.74) is 2.03. The molecule has 4 aromatic rings. The minimum absolute atomic E-state index is 0.538. The fraction of sp³-hybridized carbons (Fsp3) is 0.0952. The first-order chi connectivity index (χ1) is 13.7. The van der Waals surface area contributed by atoms with E-state index in [4.69, 9.17) is 9.26 Å². The molecule has 7 nitrogen and oxygen atoms in total. The van der Waals surface area contributed by atoms with Gasteiger partial charge in [0.05, 0.1) is 0 Å². The van der Waals surface area contributed by atoms with E-state index in [0.29, 0.717) is 24.1 Å². The average Bonchev–Trinajstić information content (AvgIpc) is 3.13. The number of benzene rings is 2. The van der Waals surface area contributed by atoms with Crippen molar-refractivity contribution >= 4 is 23.1 Å². The first kappa shape index (κ1) is 17.5. The number of aryl methyl sites for hydroxylation is 1. The molecule has 0 aliphatic carbocycles. The van der Waals surface area contributed by atoms with Crippen molar-refractivity contribution in [3.05, 3.63) is 84.4 Å². The molecule has 4 rings (SSSR count). The van der Waals surface area contributed by atoms with Gasteiger partial charge in [0.1, 0.15) is 36.1 Å².